The van der Waals surface area contributed by atoms with Gasteiger partial charge in [0.2, 0.25) is 0 Å². The molecule has 0 aromatic heterocycles. The van der Waals surface area contributed by atoms with E-state index < -0.39 is 0 Å². The summed E-state index contributed by atoms with van der Waals surface area (Å²) in [6, 6.07) is 24.0. The lowest BCUT2D eigenvalue weighted by molar-refractivity contribution is 0.104. The van der Waals surface area contributed by atoms with Gasteiger partial charge in [-0.1, -0.05) is 86.6 Å². The molecular formula is C21H18O. The van der Waals surface area contributed by atoms with E-state index in [9.17, 15) is 4.79 Å². The van der Waals surface area contributed by atoms with Crippen molar-refractivity contribution in [2.24, 2.45) is 0 Å². The van der Waals surface area contributed by atoms with Crippen LogP contribution in [0.5, 0.6) is 0 Å². The van der Waals surface area contributed by atoms with Gasteiger partial charge in [-0.15, -0.1) is 0 Å². The minimum atomic E-state index is 0.133. The number of hydrogen-bond acceptors (Lipinski definition) is 1. The van der Waals surface area contributed by atoms with E-state index in [1.807, 2.05) is 68.4 Å². The quantitative estimate of drug-likeness (QED) is 0.445. The summed E-state index contributed by atoms with van der Waals surface area (Å²) < 4.78 is 0. The predicted molar refractivity (Wildman–Crippen MR) is 92.1 cm³/mol. The number of fused-ring (bicyclic) bond motifs is 3. The lowest BCUT2D eigenvalue weighted by atomic mass is 9.94. The summed E-state index contributed by atoms with van der Waals surface area (Å²) in [4.78, 5) is 12.5. The van der Waals surface area contributed by atoms with Gasteiger partial charge in [-0.05, 0) is 16.7 Å². The molecule has 0 heterocycles. The van der Waals surface area contributed by atoms with Gasteiger partial charge in [0, 0.05) is 16.7 Å². The number of hydrogen-bond donors (Lipinski definition) is 0. The van der Waals surface area contributed by atoms with E-state index in [4.69, 9.17) is 0 Å². The van der Waals surface area contributed by atoms with Crippen LogP contribution in [0.2, 0.25) is 0 Å². The Morgan fingerprint density at radius 2 is 1.09 bits per heavy atom. The van der Waals surface area contributed by atoms with Crippen LogP contribution in [0.25, 0.3) is 22.3 Å². The molecule has 0 amide bonds. The number of rotatable bonds is 1. The van der Waals surface area contributed by atoms with Crippen molar-refractivity contribution >= 4 is 5.78 Å². The normalized spacial score (nSPS) is 11.3. The van der Waals surface area contributed by atoms with Gasteiger partial charge < -0.3 is 0 Å². The molecule has 0 saturated heterocycles. The van der Waals surface area contributed by atoms with E-state index >= 15 is 0 Å². The number of carbonyl (C=O) groups is 1. The fourth-order valence-corrected chi connectivity index (χ4v) is 2.93. The minimum Gasteiger partial charge on any atom is -0.289 e. The highest BCUT2D eigenvalue weighted by Gasteiger charge is 2.28. The Bertz CT molecular complexity index is 816. The first kappa shape index (κ1) is 14.3. The molecule has 108 valence electrons. The first-order valence-electron chi connectivity index (χ1n) is 7.69. The van der Waals surface area contributed by atoms with Crippen molar-refractivity contribution in [1.82, 2.24) is 0 Å². The zero-order chi connectivity index (χ0) is 15.5. The highest BCUT2D eigenvalue weighted by atomic mass is 16.1. The summed E-state index contributed by atoms with van der Waals surface area (Å²) in [6.07, 6.45) is 0. The molecular weight excluding hydrogens is 268 g/mol. The number of benzene rings is 3. The largest absolute Gasteiger partial charge is 0.289 e. The second-order valence-electron chi connectivity index (χ2n) is 4.97. The first-order chi connectivity index (χ1) is 10.9. The molecule has 0 fully saturated rings. The van der Waals surface area contributed by atoms with Crippen LogP contribution in [-0.2, 0) is 0 Å². The molecule has 0 spiro atoms. The first-order valence-corrected chi connectivity index (χ1v) is 7.69. The summed E-state index contributed by atoms with van der Waals surface area (Å²) in [6.45, 7) is 4.00. The molecule has 0 radical (unpaired) electrons. The maximum atomic E-state index is 12.5. The minimum absolute atomic E-state index is 0.133. The second kappa shape index (κ2) is 5.98. The Morgan fingerprint density at radius 1 is 0.545 bits per heavy atom. The van der Waals surface area contributed by atoms with Crippen molar-refractivity contribution in [3.05, 3.63) is 83.9 Å². The van der Waals surface area contributed by atoms with Gasteiger partial charge in [0.15, 0.2) is 5.78 Å². The number of carbonyl (C=O) groups excluding carboxylic acids is 1. The summed E-state index contributed by atoms with van der Waals surface area (Å²) >= 11 is 0. The Morgan fingerprint density at radius 3 is 1.82 bits per heavy atom. The van der Waals surface area contributed by atoms with Crippen molar-refractivity contribution in [2.75, 3.05) is 0 Å². The van der Waals surface area contributed by atoms with Crippen LogP contribution in [-0.4, -0.2) is 5.78 Å². The average molecular weight is 286 g/mol. The molecule has 1 heteroatoms. The molecule has 1 aliphatic carbocycles. The summed E-state index contributed by atoms with van der Waals surface area (Å²) in [7, 11) is 0. The zero-order valence-corrected chi connectivity index (χ0v) is 12.8. The fraction of sp³-hybridized carbons (Fsp3) is 0.0952. The Balaban J connectivity index is 0.000000693. The van der Waals surface area contributed by atoms with E-state index in [1.54, 1.807) is 0 Å². The molecule has 1 aliphatic rings. The molecule has 0 atom stereocenters. The molecule has 22 heavy (non-hydrogen) atoms. The van der Waals surface area contributed by atoms with Crippen LogP contribution >= 0.6 is 0 Å². The van der Waals surface area contributed by atoms with Crippen LogP contribution < -0.4 is 0 Å². The van der Waals surface area contributed by atoms with Crippen LogP contribution in [0.3, 0.4) is 0 Å². The predicted octanol–water partition coefficient (Wildman–Crippen LogP) is 5.59. The van der Waals surface area contributed by atoms with Crippen molar-refractivity contribution in [3.63, 3.8) is 0 Å². The maximum absolute atomic E-state index is 12.5. The van der Waals surface area contributed by atoms with Gasteiger partial charge in [-0.2, -0.15) is 0 Å². The van der Waals surface area contributed by atoms with Gasteiger partial charge >= 0.3 is 0 Å². The third-order valence-electron chi connectivity index (χ3n) is 3.83. The SMILES string of the molecule is CC.O=C1c2ccccc2-c2c1cccc2-c1ccccc1. The van der Waals surface area contributed by atoms with Crippen LogP contribution in [0, 0.1) is 0 Å². The third-order valence-corrected chi connectivity index (χ3v) is 3.83. The van der Waals surface area contributed by atoms with E-state index in [2.05, 4.69) is 18.2 Å². The highest BCUT2D eigenvalue weighted by molar-refractivity contribution is 6.23. The third kappa shape index (κ3) is 2.15. The zero-order valence-electron chi connectivity index (χ0n) is 12.8. The van der Waals surface area contributed by atoms with Crippen LogP contribution in [0.1, 0.15) is 29.8 Å². The monoisotopic (exact) mass is 286 g/mol. The van der Waals surface area contributed by atoms with Crippen LogP contribution in [0.15, 0.2) is 72.8 Å². The van der Waals surface area contributed by atoms with E-state index in [1.165, 1.54) is 0 Å². The Hall–Kier alpha value is -2.67. The lowest BCUT2D eigenvalue weighted by Crippen LogP contribution is -1.94. The smallest absolute Gasteiger partial charge is 0.194 e. The van der Waals surface area contributed by atoms with E-state index in [-0.39, 0.29) is 5.78 Å². The van der Waals surface area contributed by atoms with E-state index in [0.717, 1.165) is 33.4 Å². The summed E-state index contributed by atoms with van der Waals surface area (Å²) in [5.41, 5.74) is 6.01. The Kier molecular flexibility index (Phi) is 3.88. The van der Waals surface area contributed by atoms with E-state index in [0.29, 0.717) is 0 Å². The molecule has 0 aliphatic heterocycles. The van der Waals surface area contributed by atoms with Gasteiger partial charge in [-0.25, -0.2) is 0 Å². The second-order valence-corrected chi connectivity index (χ2v) is 4.97. The van der Waals surface area contributed by atoms with Crippen molar-refractivity contribution < 1.29 is 4.79 Å². The fourth-order valence-electron chi connectivity index (χ4n) is 2.93. The van der Waals surface area contributed by atoms with Gasteiger partial charge in [-0.3, -0.25) is 4.79 Å². The molecule has 3 aromatic carbocycles. The maximum Gasteiger partial charge on any atom is 0.194 e. The van der Waals surface area contributed by atoms with Crippen LogP contribution in [0.4, 0.5) is 0 Å². The van der Waals surface area contributed by atoms with Gasteiger partial charge in [0.1, 0.15) is 0 Å². The molecule has 0 saturated carbocycles. The molecule has 3 aromatic rings. The Labute approximate surface area is 131 Å². The van der Waals surface area contributed by atoms with Crippen molar-refractivity contribution in [2.45, 2.75) is 13.8 Å². The van der Waals surface area contributed by atoms with Crippen molar-refractivity contribution in [1.29, 1.82) is 0 Å². The summed E-state index contributed by atoms with van der Waals surface area (Å²) in [5, 5.41) is 0. The number of ketones is 1. The lowest BCUT2D eigenvalue weighted by Gasteiger charge is -2.09. The molecule has 0 unspecified atom stereocenters. The molecule has 0 bridgehead atoms. The molecule has 0 N–H and O–H groups in total. The standard InChI is InChI=1S/C19H12O.C2H6/c20-19-16-10-5-4-9-15(16)18-14(11-6-12-17(18)19)13-7-2-1-3-8-13;1-2/h1-12H;1-2H3. The average Bonchev–Trinajstić information content (AvgIpc) is 2.91. The highest BCUT2D eigenvalue weighted by Crippen LogP contribution is 2.42. The summed E-state index contributed by atoms with van der Waals surface area (Å²) in [5.74, 6) is 0.133. The van der Waals surface area contributed by atoms with Gasteiger partial charge in [0.05, 0.1) is 0 Å². The van der Waals surface area contributed by atoms with Gasteiger partial charge in [0.25, 0.3) is 0 Å². The topological polar surface area (TPSA) is 17.1 Å². The van der Waals surface area contributed by atoms with Crippen molar-refractivity contribution in [3.8, 4) is 22.3 Å². The molecule has 4 rings (SSSR count). The molecule has 1 nitrogen and oxygen atoms in total.